The van der Waals surface area contributed by atoms with Crippen LogP contribution in [0.25, 0.3) is 15.6 Å². The molecule has 0 radical (unpaired) electrons. The molecule has 0 atom stereocenters. The second kappa shape index (κ2) is 7.29. The number of aromatic nitrogens is 3. The van der Waals surface area contributed by atoms with Gasteiger partial charge in [-0.1, -0.05) is 59.9 Å². The monoisotopic (exact) mass is 400 g/mol. The first-order chi connectivity index (χ1) is 14.2. The van der Waals surface area contributed by atoms with Gasteiger partial charge in [-0.2, -0.15) is 5.10 Å². The molecular formula is C23H20N4OS. The third-order valence-electron chi connectivity index (χ3n) is 5.06. The summed E-state index contributed by atoms with van der Waals surface area (Å²) < 4.78 is 1.97. The minimum Gasteiger partial charge on any atom is -0.319 e. The predicted octanol–water partition coefficient (Wildman–Crippen LogP) is 5.43. The molecule has 2 heterocycles. The van der Waals surface area contributed by atoms with E-state index < -0.39 is 0 Å². The SMILES string of the molecule is Cc1nn(-c2cnc(-c3ccccc3)s2)c(C2CC2)c1NC(=O)c1ccccc1. The van der Waals surface area contributed by atoms with Crippen LogP contribution in [-0.2, 0) is 0 Å². The number of rotatable bonds is 5. The zero-order valence-corrected chi connectivity index (χ0v) is 16.8. The second-order valence-corrected chi connectivity index (χ2v) is 8.23. The van der Waals surface area contributed by atoms with Crippen molar-refractivity contribution in [3.8, 4) is 15.6 Å². The molecule has 6 heteroatoms. The van der Waals surface area contributed by atoms with Gasteiger partial charge in [0.25, 0.3) is 5.91 Å². The van der Waals surface area contributed by atoms with E-state index in [0.29, 0.717) is 11.5 Å². The molecule has 5 rings (SSSR count). The lowest BCUT2D eigenvalue weighted by Gasteiger charge is -2.09. The summed E-state index contributed by atoms with van der Waals surface area (Å²) in [5.74, 6) is 0.314. The highest BCUT2D eigenvalue weighted by Gasteiger charge is 2.33. The lowest BCUT2D eigenvalue weighted by atomic mass is 10.2. The van der Waals surface area contributed by atoms with E-state index >= 15 is 0 Å². The van der Waals surface area contributed by atoms with Gasteiger partial charge in [-0.15, -0.1) is 0 Å². The number of nitrogens with zero attached hydrogens (tertiary/aromatic N) is 3. The van der Waals surface area contributed by atoms with Crippen molar-refractivity contribution >= 4 is 22.9 Å². The smallest absolute Gasteiger partial charge is 0.255 e. The van der Waals surface area contributed by atoms with Gasteiger partial charge in [0.15, 0.2) is 0 Å². The van der Waals surface area contributed by atoms with E-state index in [2.05, 4.69) is 22.4 Å². The topological polar surface area (TPSA) is 59.8 Å². The molecule has 1 saturated carbocycles. The average molecular weight is 401 g/mol. The summed E-state index contributed by atoms with van der Waals surface area (Å²) in [6.45, 7) is 1.95. The minimum atomic E-state index is -0.107. The average Bonchev–Trinajstić information content (AvgIpc) is 3.38. The van der Waals surface area contributed by atoms with Gasteiger partial charge in [0.2, 0.25) is 0 Å². The Hall–Kier alpha value is -3.25. The lowest BCUT2D eigenvalue weighted by Crippen LogP contribution is -2.13. The highest BCUT2D eigenvalue weighted by Crippen LogP contribution is 2.46. The van der Waals surface area contributed by atoms with Crippen LogP contribution in [0.4, 0.5) is 5.69 Å². The van der Waals surface area contributed by atoms with Crippen molar-refractivity contribution in [2.24, 2.45) is 0 Å². The van der Waals surface area contributed by atoms with Crippen LogP contribution in [0.5, 0.6) is 0 Å². The van der Waals surface area contributed by atoms with Crippen molar-refractivity contribution < 1.29 is 4.79 Å². The maximum Gasteiger partial charge on any atom is 0.255 e. The minimum absolute atomic E-state index is 0.107. The maximum atomic E-state index is 12.7. The molecule has 0 bridgehead atoms. The van der Waals surface area contributed by atoms with Gasteiger partial charge < -0.3 is 5.32 Å². The van der Waals surface area contributed by atoms with Crippen LogP contribution in [-0.4, -0.2) is 20.7 Å². The Labute approximate surface area is 173 Å². The number of thiazole rings is 1. The summed E-state index contributed by atoms with van der Waals surface area (Å²) in [6.07, 6.45) is 4.10. The molecule has 2 aromatic heterocycles. The zero-order chi connectivity index (χ0) is 19.8. The number of nitrogens with one attached hydrogen (secondary N) is 1. The molecule has 1 N–H and O–H groups in total. The predicted molar refractivity (Wildman–Crippen MR) is 116 cm³/mol. The number of anilines is 1. The summed E-state index contributed by atoms with van der Waals surface area (Å²) in [7, 11) is 0. The van der Waals surface area contributed by atoms with Crippen molar-refractivity contribution in [1.29, 1.82) is 0 Å². The van der Waals surface area contributed by atoms with E-state index in [1.807, 2.05) is 66.3 Å². The molecule has 1 aliphatic carbocycles. The van der Waals surface area contributed by atoms with Gasteiger partial charge in [0.05, 0.1) is 23.3 Å². The molecule has 0 aliphatic heterocycles. The quantitative estimate of drug-likeness (QED) is 0.486. The third kappa shape index (κ3) is 3.47. The summed E-state index contributed by atoms with van der Waals surface area (Å²) >= 11 is 1.61. The molecule has 5 nitrogen and oxygen atoms in total. The van der Waals surface area contributed by atoms with Crippen molar-refractivity contribution in [2.45, 2.75) is 25.7 Å². The maximum absolute atomic E-state index is 12.7. The van der Waals surface area contributed by atoms with Gasteiger partial charge >= 0.3 is 0 Å². The van der Waals surface area contributed by atoms with Gasteiger partial charge in [-0.25, -0.2) is 9.67 Å². The molecule has 1 amide bonds. The van der Waals surface area contributed by atoms with E-state index in [9.17, 15) is 4.79 Å². The summed E-state index contributed by atoms with van der Waals surface area (Å²) in [6, 6.07) is 19.4. The van der Waals surface area contributed by atoms with Crippen molar-refractivity contribution in [2.75, 3.05) is 5.32 Å². The molecule has 1 fully saturated rings. The molecule has 144 valence electrons. The molecule has 1 aliphatic rings. The van der Waals surface area contributed by atoms with Crippen LogP contribution in [0.1, 0.15) is 40.5 Å². The standard InChI is InChI=1S/C23H20N4OS/c1-15-20(25-22(28)17-8-4-2-5-9-17)21(16-12-13-16)27(26-15)19-14-24-23(29-19)18-10-6-3-7-11-18/h2-11,14,16H,12-13H2,1H3,(H,25,28). The Morgan fingerprint density at radius 3 is 2.45 bits per heavy atom. The summed E-state index contributed by atoms with van der Waals surface area (Å²) in [4.78, 5) is 17.3. The fourth-order valence-electron chi connectivity index (χ4n) is 3.45. The third-order valence-corrected chi connectivity index (χ3v) is 6.08. The number of hydrogen-bond donors (Lipinski definition) is 1. The Bertz CT molecular complexity index is 1160. The Kier molecular flexibility index (Phi) is 4.48. The molecule has 0 unspecified atom stereocenters. The zero-order valence-electron chi connectivity index (χ0n) is 16.0. The number of carbonyl (C=O) groups is 1. The largest absolute Gasteiger partial charge is 0.319 e. The van der Waals surface area contributed by atoms with Gasteiger partial charge in [0, 0.05) is 17.0 Å². The van der Waals surface area contributed by atoms with Gasteiger partial charge in [-0.05, 0) is 31.9 Å². The Balaban J connectivity index is 1.51. The van der Waals surface area contributed by atoms with E-state index in [1.165, 1.54) is 0 Å². The molecule has 4 aromatic rings. The van der Waals surface area contributed by atoms with Crippen molar-refractivity contribution in [1.82, 2.24) is 14.8 Å². The van der Waals surface area contributed by atoms with Crippen LogP contribution in [0.3, 0.4) is 0 Å². The normalized spacial score (nSPS) is 13.4. The van der Waals surface area contributed by atoms with Crippen LogP contribution < -0.4 is 5.32 Å². The number of aryl methyl sites for hydroxylation is 1. The molecule has 29 heavy (non-hydrogen) atoms. The number of hydrogen-bond acceptors (Lipinski definition) is 4. The first-order valence-corrected chi connectivity index (χ1v) is 10.5. The summed E-state index contributed by atoms with van der Waals surface area (Å²) in [5, 5.41) is 9.81. The Morgan fingerprint density at radius 2 is 1.76 bits per heavy atom. The first kappa shape index (κ1) is 17.8. The first-order valence-electron chi connectivity index (χ1n) is 9.68. The van der Waals surface area contributed by atoms with Crippen molar-refractivity contribution in [3.63, 3.8) is 0 Å². The van der Waals surface area contributed by atoms with E-state index in [-0.39, 0.29) is 5.91 Å². The van der Waals surface area contributed by atoms with Gasteiger partial charge in [-0.3, -0.25) is 4.79 Å². The van der Waals surface area contributed by atoms with E-state index in [4.69, 9.17) is 5.10 Å². The lowest BCUT2D eigenvalue weighted by molar-refractivity contribution is 0.102. The Morgan fingerprint density at radius 1 is 1.07 bits per heavy atom. The van der Waals surface area contributed by atoms with Crippen LogP contribution in [0.2, 0.25) is 0 Å². The molecular weight excluding hydrogens is 380 g/mol. The van der Waals surface area contributed by atoms with E-state index in [1.54, 1.807) is 11.3 Å². The van der Waals surface area contributed by atoms with Gasteiger partial charge in [0.1, 0.15) is 10.0 Å². The fraction of sp³-hybridized carbons (Fsp3) is 0.174. The van der Waals surface area contributed by atoms with Crippen molar-refractivity contribution in [3.05, 3.63) is 83.8 Å². The molecule has 2 aromatic carbocycles. The number of benzene rings is 2. The fourth-order valence-corrected chi connectivity index (χ4v) is 4.34. The number of carbonyl (C=O) groups excluding carboxylic acids is 1. The molecule has 0 spiro atoms. The van der Waals surface area contributed by atoms with Crippen LogP contribution in [0.15, 0.2) is 66.9 Å². The second-order valence-electron chi connectivity index (χ2n) is 7.22. The molecule has 0 saturated heterocycles. The summed E-state index contributed by atoms with van der Waals surface area (Å²) in [5.41, 5.74) is 4.47. The van der Waals surface area contributed by atoms with E-state index in [0.717, 1.165) is 45.5 Å². The van der Waals surface area contributed by atoms with Crippen LogP contribution in [0, 0.1) is 6.92 Å². The highest BCUT2D eigenvalue weighted by molar-refractivity contribution is 7.17. The number of amides is 1. The highest BCUT2D eigenvalue weighted by atomic mass is 32.1. The van der Waals surface area contributed by atoms with Crippen LogP contribution >= 0.6 is 11.3 Å².